The first kappa shape index (κ1) is 21.1. The van der Waals surface area contributed by atoms with Gasteiger partial charge in [-0.25, -0.2) is 8.42 Å². The lowest BCUT2D eigenvalue weighted by atomic mass is 9.48. The van der Waals surface area contributed by atoms with Gasteiger partial charge < -0.3 is 14.7 Å². The van der Waals surface area contributed by atoms with E-state index in [9.17, 15) is 23.1 Å². The van der Waals surface area contributed by atoms with E-state index in [4.69, 9.17) is 4.74 Å². The molecule has 1 aliphatic heterocycles. The molecule has 4 bridgehead atoms. The topological polar surface area (TPSA) is 101 Å². The van der Waals surface area contributed by atoms with Crippen LogP contribution in [0.5, 0.6) is 0 Å². The third-order valence-corrected chi connectivity index (χ3v) is 9.50. The quantitative estimate of drug-likeness (QED) is 0.647. The van der Waals surface area contributed by atoms with Crippen LogP contribution in [0.3, 0.4) is 0 Å². The number of carbonyl (C=O) groups is 2. The van der Waals surface area contributed by atoms with E-state index >= 15 is 0 Å². The number of ether oxygens (including phenoxy) is 1. The minimum absolute atomic E-state index is 0.0165. The second-order valence-corrected chi connectivity index (χ2v) is 12.4. The molecule has 5 fully saturated rings. The Bertz CT molecular complexity index is 779. The molecule has 4 unspecified atom stereocenters. The number of rotatable bonds is 6. The van der Waals surface area contributed by atoms with Crippen LogP contribution in [0.2, 0.25) is 0 Å². The van der Waals surface area contributed by atoms with Crippen molar-refractivity contribution in [3.63, 3.8) is 0 Å². The fraction of sp³-hybridized carbons (Fsp3) is 0.905. The molecule has 4 atom stereocenters. The first-order valence-electron chi connectivity index (χ1n) is 11.0. The molecule has 0 aromatic rings. The molecule has 1 N–H and O–H groups in total. The van der Waals surface area contributed by atoms with E-state index in [1.807, 2.05) is 13.8 Å². The van der Waals surface area contributed by atoms with Crippen LogP contribution in [0, 0.1) is 17.3 Å². The van der Waals surface area contributed by atoms with Crippen molar-refractivity contribution in [2.75, 3.05) is 18.1 Å². The number of hydrogen-bond donors (Lipinski definition) is 1. The van der Waals surface area contributed by atoms with E-state index in [1.54, 1.807) is 4.90 Å². The van der Waals surface area contributed by atoms with Gasteiger partial charge >= 0.3 is 5.97 Å². The molecule has 8 heteroatoms. The minimum Gasteiger partial charge on any atom is -0.455 e. The van der Waals surface area contributed by atoms with Crippen molar-refractivity contribution in [2.45, 2.75) is 82.9 Å². The number of amides is 1. The molecule has 0 aromatic carbocycles. The van der Waals surface area contributed by atoms with Crippen LogP contribution in [0.1, 0.15) is 65.2 Å². The lowest BCUT2D eigenvalue weighted by molar-refractivity contribution is -0.197. The zero-order valence-corrected chi connectivity index (χ0v) is 18.2. The van der Waals surface area contributed by atoms with E-state index in [0.717, 1.165) is 32.1 Å². The molecule has 1 saturated heterocycles. The summed E-state index contributed by atoms with van der Waals surface area (Å²) in [5, 5.41) is 10.8. The monoisotopic (exact) mass is 427 g/mol. The van der Waals surface area contributed by atoms with Crippen LogP contribution < -0.4 is 0 Å². The Kier molecular flexibility index (Phi) is 5.25. The molecular weight excluding hydrogens is 394 g/mol. The summed E-state index contributed by atoms with van der Waals surface area (Å²) in [4.78, 5) is 27.6. The molecule has 0 radical (unpaired) electrons. The summed E-state index contributed by atoms with van der Waals surface area (Å²) in [5.41, 5.74) is -1.41. The summed E-state index contributed by atoms with van der Waals surface area (Å²) < 4.78 is 29.3. The molecule has 5 aliphatic rings. The fourth-order valence-corrected chi connectivity index (χ4v) is 8.52. The lowest BCUT2D eigenvalue weighted by Crippen LogP contribution is -2.58. The molecule has 7 nitrogen and oxygen atoms in total. The summed E-state index contributed by atoms with van der Waals surface area (Å²) in [6, 6.07) is -0.457. The number of nitrogens with zero attached hydrogens (tertiary/aromatic N) is 1. The standard InChI is InChI=1S/C21H33NO6S/c1-3-14(2)22(17-4-5-29(26,27)12-17)18(23)11-28-19(24)20-7-15-6-16(8-20)10-21(25,9-15)13-20/h14-17,25H,3-13H2,1-2H3. The Morgan fingerprint density at radius 1 is 1.21 bits per heavy atom. The van der Waals surface area contributed by atoms with Gasteiger partial charge in [-0.1, -0.05) is 6.92 Å². The largest absolute Gasteiger partial charge is 0.455 e. The SMILES string of the molecule is CCC(C)N(C(=O)COC(=O)C12CC3CC(CC(O)(C3)C1)C2)C1CCS(=O)(=O)C1. The van der Waals surface area contributed by atoms with Gasteiger partial charge in [0.2, 0.25) is 0 Å². The molecule has 0 spiro atoms. The van der Waals surface area contributed by atoms with Gasteiger partial charge in [-0.05, 0) is 70.1 Å². The molecule has 1 amide bonds. The van der Waals surface area contributed by atoms with Crippen LogP contribution in [0.4, 0.5) is 0 Å². The maximum atomic E-state index is 13.0. The Morgan fingerprint density at radius 2 is 1.86 bits per heavy atom. The summed E-state index contributed by atoms with van der Waals surface area (Å²) in [6.45, 7) is 3.50. The molecule has 1 heterocycles. The molecule has 5 rings (SSSR count). The normalized spacial score (nSPS) is 40.6. The van der Waals surface area contributed by atoms with Gasteiger partial charge in [-0.3, -0.25) is 9.59 Å². The number of carbonyl (C=O) groups excluding carboxylic acids is 2. The average molecular weight is 428 g/mol. The third kappa shape index (κ3) is 3.94. The minimum atomic E-state index is -3.11. The van der Waals surface area contributed by atoms with E-state index in [2.05, 4.69) is 0 Å². The highest BCUT2D eigenvalue weighted by Crippen LogP contribution is 2.61. The average Bonchev–Trinajstić information content (AvgIpc) is 2.96. The predicted molar refractivity (Wildman–Crippen MR) is 107 cm³/mol. The summed E-state index contributed by atoms with van der Waals surface area (Å²) in [5.74, 6) is 0.133. The fourth-order valence-electron chi connectivity index (χ4n) is 6.81. The lowest BCUT2D eigenvalue weighted by Gasteiger charge is -2.58. The molecule has 164 valence electrons. The van der Waals surface area contributed by atoms with Crippen molar-refractivity contribution < 1.29 is 27.9 Å². The Hall–Kier alpha value is -1.15. The summed E-state index contributed by atoms with van der Waals surface area (Å²) in [7, 11) is -3.11. The first-order chi connectivity index (χ1) is 13.5. The highest BCUT2D eigenvalue weighted by Gasteiger charge is 2.61. The van der Waals surface area contributed by atoms with Gasteiger partial charge in [0, 0.05) is 12.1 Å². The zero-order valence-electron chi connectivity index (χ0n) is 17.4. The van der Waals surface area contributed by atoms with Gasteiger partial charge in [0.1, 0.15) is 0 Å². The van der Waals surface area contributed by atoms with Gasteiger partial charge in [0.25, 0.3) is 5.91 Å². The highest BCUT2D eigenvalue weighted by atomic mass is 32.2. The number of aliphatic hydroxyl groups is 1. The van der Waals surface area contributed by atoms with Crippen LogP contribution in [0.25, 0.3) is 0 Å². The maximum absolute atomic E-state index is 13.0. The molecular formula is C21H33NO6S. The van der Waals surface area contributed by atoms with Gasteiger partial charge in [-0.2, -0.15) is 0 Å². The van der Waals surface area contributed by atoms with Crippen molar-refractivity contribution in [3.05, 3.63) is 0 Å². The molecule has 4 aliphatic carbocycles. The van der Waals surface area contributed by atoms with Crippen LogP contribution in [0.15, 0.2) is 0 Å². The van der Waals surface area contributed by atoms with Crippen LogP contribution in [-0.2, 0) is 24.2 Å². The van der Waals surface area contributed by atoms with E-state index < -0.39 is 20.9 Å². The number of esters is 1. The Morgan fingerprint density at radius 3 is 2.38 bits per heavy atom. The molecule has 4 saturated carbocycles. The van der Waals surface area contributed by atoms with Gasteiger partial charge in [-0.15, -0.1) is 0 Å². The third-order valence-electron chi connectivity index (χ3n) is 7.75. The highest BCUT2D eigenvalue weighted by molar-refractivity contribution is 7.91. The summed E-state index contributed by atoms with van der Waals surface area (Å²) in [6.07, 6.45) is 5.70. The second kappa shape index (κ2) is 7.22. The second-order valence-electron chi connectivity index (χ2n) is 10.2. The van der Waals surface area contributed by atoms with Crippen molar-refractivity contribution in [2.24, 2.45) is 17.3 Å². The van der Waals surface area contributed by atoms with Crippen LogP contribution >= 0.6 is 0 Å². The Balaban J connectivity index is 1.42. The van der Waals surface area contributed by atoms with Gasteiger partial charge in [0.15, 0.2) is 16.4 Å². The molecule has 0 aromatic heterocycles. The smallest absolute Gasteiger partial charge is 0.312 e. The summed E-state index contributed by atoms with van der Waals surface area (Å²) >= 11 is 0. The zero-order chi connectivity index (χ0) is 21.0. The molecule has 29 heavy (non-hydrogen) atoms. The van der Waals surface area contributed by atoms with Crippen molar-refractivity contribution in [1.82, 2.24) is 4.90 Å². The van der Waals surface area contributed by atoms with Crippen molar-refractivity contribution in [3.8, 4) is 0 Å². The van der Waals surface area contributed by atoms with Crippen LogP contribution in [-0.4, -0.2) is 66.1 Å². The maximum Gasteiger partial charge on any atom is 0.312 e. The van der Waals surface area contributed by atoms with E-state index in [0.29, 0.717) is 31.1 Å². The van der Waals surface area contributed by atoms with Crippen molar-refractivity contribution >= 4 is 21.7 Å². The number of hydrogen-bond acceptors (Lipinski definition) is 6. The first-order valence-corrected chi connectivity index (χ1v) is 12.8. The predicted octanol–water partition coefficient (Wildman–Crippen LogP) is 1.68. The number of sulfone groups is 1. The Labute approximate surface area is 173 Å². The van der Waals surface area contributed by atoms with E-state index in [1.165, 1.54) is 0 Å². The van der Waals surface area contributed by atoms with Gasteiger partial charge in [0.05, 0.1) is 22.5 Å². The van der Waals surface area contributed by atoms with E-state index in [-0.39, 0.29) is 42.1 Å². The van der Waals surface area contributed by atoms with Crippen molar-refractivity contribution in [1.29, 1.82) is 0 Å².